The second-order valence-electron chi connectivity index (χ2n) is 10.0. The summed E-state index contributed by atoms with van der Waals surface area (Å²) in [6, 6.07) is 22.2. The lowest BCUT2D eigenvalue weighted by Gasteiger charge is -2.28. The zero-order chi connectivity index (χ0) is 27.7. The fourth-order valence-electron chi connectivity index (χ4n) is 5.38. The van der Waals surface area contributed by atoms with E-state index < -0.39 is 0 Å². The summed E-state index contributed by atoms with van der Waals surface area (Å²) in [6.45, 7) is 8.77. The normalized spacial score (nSPS) is 16.8. The van der Waals surface area contributed by atoms with Crippen LogP contribution in [0, 0.1) is 27.7 Å². The van der Waals surface area contributed by atoms with E-state index in [2.05, 4.69) is 73.1 Å². The molecule has 2 aromatic heterocycles. The van der Waals surface area contributed by atoms with Gasteiger partial charge in [-0.2, -0.15) is 0 Å². The molecule has 2 atom stereocenters. The van der Waals surface area contributed by atoms with E-state index in [-0.39, 0.29) is 18.0 Å². The van der Waals surface area contributed by atoms with Crippen LogP contribution in [0.4, 0.5) is 5.69 Å². The number of benzene rings is 2. The van der Waals surface area contributed by atoms with Gasteiger partial charge in [0.05, 0.1) is 23.5 Å². The Morgan fingerprint density at radius 2 is 1.82 bits per heavy atom. The number of rotatable bonds is 7. The number of halogens is 1. The number of hydrogen-bond donors (Lipinski definition) is 2. The maximum Gasteiger partial charge on any atom is 0.226 e. The molecular formula is C31H32BrN5OS. The standard InChI is InChI=1S/C31H32BrN5OS/c1-19-12-13-20(2)26(17-19)34-28(38)14-16-36-30(29(35-31(36)39)25-10-7-8-15-33-25)23-18-21(3)37(22(23)4)27-11-6-5-9-24(27)32/h5-13,15,17-18,29-30H,14,16H2,1-4H3,(H,34,38)(H,35,39)/t29-,30+/m1/s1. The van der Waals surface area contributed by atoms with Crippen molar-refractivity contribution in [3.63, 3.8) is 0 Å². The summed E-state index contributed by atoms with van der Waals surface area (Å²) in [5.74, 6) is -0.0368. The number of anilines is 1. The number of hydrogen-bond acceptors (Lipinski definition) is 3. The van der Waals surface area contributed by atoms with E-state index in [0.717, 1.165) is 49.6 Å². The molecule has 0 aliphatic carbocycles. The Morgan fingerprint density at radius 3 is 2.56 bits per heavy atom. The average Bonchev–Trinajstić information content (AvgIpc) is 3.40. The van der Waals surface area contributed by atoms with Gasteiger partial charge in [0.25, 0.3) is 0 Å². The van der Waals surface area contributed by atoms with Crippen LogP contribution in [0.1, 0.15) is 52.3 Å². The van der Waals surface area contributed by atoms with Crippen LogP contribution in [-0.2, 0) is 4.79 Å². The summed E-state index contributed by atoms with van der Waals surface area (Å²) in [4.78, 5) is 19.9. The Hall–Kier alpha value is -3.49. The Kier molecular flexibility index (Phi) is 7.86. The molecule has 0 bridgehead atoms. The minimum Gasteiger partial charge on any atom is -0.352 e. The number of aryl methyl sites for hydroxylation is 3. The number of aromatic nitrogens is 2. The van der Waals surface area contributed by atoms with Gasteiger partial charge < -0.3 is 20.1 Å². The Balaban J connectivity index is 1.48. The van der Waals surface area contributed by atoms with Crippen molar-refractivity contribution in [1.29, 1.82) is 0 Å². The van der Waals surface area contributed by atoms with Crippen molar-refractivity contribution < 1.29 is 4.79 Å². The number of carbonyl (C=O) groups is 1. The Bertz CT molecular complexity index is 1530. The van der Waals surface area contributed by atoms with Crippen LogP contribution < -0.4 is 10.6 Å². The second kappa shape index (κ2) is 11.3. The molecule has 4 aromatic rings. The summed E-state index contributed by atoms with van der Waals surface area (Å²) in [5.41, 5.74) is 8.41. The summed E-state index contributed by atoms with van der Waals surface area (Å²) in [7, 11) is 0. The molecule has 39 heavy (non-hydrogen) atoms. The molecule has 0 radical (unpaired) electrons. The molecule has 0 unspecified atom stereocenters. The predicted octanol–water partition coefficient (Wildman–Crippen LogP) is 6.87. The van der Waals surface area contributed by atoms with Crippen LogP contribution in [-0.4, -0.2) is 32.0 Å². The summed E-state index contributed by atoms with van der Waals surface area (Å²) in [6.07, 6.45) is 2.12. The number of amides is 1. The SMILES string of the molecule is Cc1ccc(C)c(NC(=O)CCN2C(=S)N[C@H](c3ccccn3)[C@@H]2c2cc(C)n(-c3ccccc3Br)c2C)c1. The number of para-hydroxylation sites is 1. The molecule has 1 saturated heterocycles. The molecule has 1 aliphatic heterocycles. The smallest absolute Gasteiger partial charge is 0.226 e. The van der Waals surface area contributed by atoms with Gasteiger partial charge >= 0.3 is 0 Å². The second-order valence-corrected chi connectivity index (χ2v) is 11.3. The maximum absolute atomic E-state index is 13.1. The lowest BCUT2D eigenvalue weighted by molar-refractivity contribution is -0.116. The number of nitrogens with one attached hydrogen (secondary N) is 2. The zero-order valence-electron chi connectivity index (χ0n) is 22.5. The van der Waals surface area contributed by atoms with Gasteiger partial charge in [-0.25, -0.2) is 0 Å². The average molecular weight is 603 g/mol. The molecule has 3 heterocycles. The van der Waals surface area contributed by atoms with Gasteiger partial charge in [-0.15, -0.1) is 0 Å². The monoisotopic (exact) mass is 601 g/mol. The van der Waals surface area contributed by atoms with Crippen molar-refractivity contribution >= 4 is 44.9 Å². The molecule has 8 heteroatoms. The van der Waals surface area contributed by atoms with Crippen molar-refractivity contribution in [3.05, 3.63) is 111 Å². The van der Waals surface area contributed by atoms with Gasteiger partial charge in [0.1, 0.15) is 0 Å². The molecule has 6 nitrogen and oxygen atoms in total. The van der Waals surface area contributed by atoms with Crippen LogP contribution in [0.25, 0.3) is 5.69 Å². The first-order valence-corrected chi connectivity index (χ1v) is 14.2. The molecule has 0 spiro atoms. The molecule has 1 fully saturated rings. The van der Waals surface area contributed by atoms with Crippen molar-refractivity contribution in [3.8, 4) is 5.69 Å². The van der Waals surface area contributed by atoms with Gasteiger partial charge in [0.15, 0.2) is 5.11 Å². The first-order valence-electron chi connectivity index (χ1n) is 13.0. The molecular weight excluding hydrogens is 570 g/mol. The quantitative estimate of drug-likeness (QED) is 0.226. The number of carbonyl (C=O) groups excluding carboxylic acids is 1. The summed E-state index contributed by atoms with van der Waals surface area (Å²) >= 11 is 9.58. The van der Waals surface area contributed by atoms with E-state index in [0.29, 0.717) is 18.1 Å². The van der Waals surface area contributed by atoms with E-state index in [9.17, 15) is 4.79 Å². The zero-order valence-corrected chi connectivity index (χ0v) is 24.9. The molecule has 5 rings (SSSR count). The van der Waals surface area contributed by atoms with Crippen LogP contribution >= 0.6 is 28.1 Å². The van der Waals surface area contributed by atoms with E-state index in [4.69, 9.17) is 12.2 Å². The number of pyridine rings is 1. The largest absolute Gasteiger partial charge is 0.352 e. The van der Waals surface area contributed by atoms with E-state index >= 15 is 0 Å². The highest BCUT2D eigenvalue weighted by Crippen LogP contribution is 2.42. The van der Waals surface area contributed by atoms with Gasteiger partial charge in [0, 0.05) is 40.7 Å². The fourth-order valence-corrected chi connectivity index (χ4v) is 6.17. The fraction of sp³-hybridized carbons (Fsp3) is 0.258. The van der Waals surface area contributed by atoms with Crippen LogP contribution in [0.3, 0.4) is 0 Å². The van der Waals surface area contributed by atoms with Crippen LogP contribution in [0.5, 0.6) is 0 Å². The highest BCUT2D eigenvalue weighted by atomic mass is 79.9. The Morgan fingerprint density at radius 1 is 1.05 bits per heavy atom. The molecule has 200 valence electrons. The third-order valence-electron chi connectivity index (χ3n) is 7.33. The topological polar surface area (TPSA) is 62.2 Å². The van der Waals surface area contributed by atoms with Gasteiger partial charge in [-0.1, -0.05) is 30.3 Å². The van der Waals surface area contributed by atoms with E-state index in [1.807, 2.05) is 68.6 Å². The minimum absolute atomic E-state index is 0.0368. The first-order chi connectivity index (χ1) is 18.7. The Labute approximate surface area is 243 Å². The molecule has 1 amide bonds. The molecule has 1 aliphatic rings. The summed E-state index contributed by atoms with van der Waals surface area (Å²) < 4.78 is 3.29. The number of thiocarbonyl (C=S) groups is 1. The predicted molar refractivity (Wildman–Crippen MR) is 164 cm³/mol. The summed E-state index contributed by atoms with van der Waals surface area (Å²) in [5, 5.41) is 7.23. The third-order valence-corrected chi connectivity index (χ3v) is 8.35. The number of nitrogens with zero attached hydrogens (tertiary/aromatic N) is 3. The van der Waals surface area contributed by atoms with E-state index in [1.165, 1.54) is 0 Å². The lowest BCUT2D eigenvalue weighted by atomic mass is 9.96. The van der Waals surface area contributed by atoms with E-state index in [1.54, 1.807) is 0 Å². The van der Waals surface area contributed by atoms with Gasteiger partial charge in [-0.05, 0) is 109 Å². The minimum atomic E-state index is -0.144. The molecule has 2 aromatic carbocycles. The van der Waals surface area contributed by atoms with Crippen LogP contribution in [0.15, 0.2) is 77.4 Å². The van der Waals surface area contributed by atoms with Crippen molar-refractivity contribution in [2.75, 3.05) is 11.9 Å². The van der Waals surface area contributed by atoms with Gasteiger partial charge in [0.2, 0.25) is 5.91 Å². The molecule has 2 N–H and O–H groups in total. The van der Waals surface area contributed by atoms with Crippen molar-refractivity contribution in [1.82, 2.24) is 19.8 Å². The third kappa shape index (κ3) is 5.49. The highest BCUT2D eigenvalue weighted by Gasteiger charge is 2.41. The van der Waals surface area contributed by atoms with Crippen LogP contribution in [0.2, 0.25) is 0 Å². The lowest BCUT2D eigenvalue weighted by Crippen LogP contribution is -2.33. The van der Waals surface area contributed by atoms with Crippen molar-refractivity contribution in [2.24, 2.45) is 0 Å². The maximum atomic E-state index is 13.1. The first kappa shape index (κ1) is 27.1. The highest BCUT2D eigenvalue weighted by molar-refractivity contribution is 9.10. The van der Waals surface area contributed by atoms with Crippen molar-refractivity contribution in [2.45, 2.75) is 46.2 Å². The van der Waals surface area contributed by atoms with Gasteiger partial charge in [-0.3, -0.25) is 9.78 Å². The molecule has 0 saturated carbocycles.